The quantitative estimate of drug-likeness (QED) is 0.799. The van der Waals surface area contributed by atoms with E-state index in [1.807, 2.05) is 0 Å². The van der Waals surface area contributed by atoms with Gasteiger partial charge in [0.05, 0.1) is 12.0 Å². The molecule has 0 aliphatic heterocycles. The van der Waals surface area contributed by atoms with Crippen molar-refractivity contribution in [2.75, 3.05) is 33.1 Å². The first kappa shape index (κ1) is 19.7. The number of carbonyl (C=O) groups excluding carboxylic acids is 1. The zero-order chi connectivity index (χ0) is 19.3. The molecule has 2 rings (SSSR count). The van der Waals surface area contributed by atoms with Crippen LogP contribution in [0.3, 0.4) is 0 Å². The first-order chi connectivity index (χ1) is 12.2. The van der Waals surface area contributed by atoms with Crippen LogP contribution in [-0.2, 0) is 14.8 Å². The van der Waals surface area contributed by atoms with Gasteiger partial charge in [-0.15, -0.1) is 0 Å². The zero-order valence-electron chi connectivity index (χ0n) is 15.1. The maximum atomic E-state index is 12.1. The number of rotatable bonds is 7. The van der Waals surface area contributed by atoms with Crippen LogP contribution in [0.4, 0.5) is 5.69 Å². The Kier molecular flexibility index (Phi) is 6.23. The monoisotopic (exact) mass is 378 g/mol. The molecule has 0 aliphatic carbocycles. The van der Waals surface area contributed by atoms with Gasteiger partial charge >= 0.3 is 0 Å². The average molecular weight is 378 g/mol. The molecule has 0 saturated heterocycles. The van der Waals surface area contributed by atoms with Crippen LogP contribution in [0.15, 0.2) is 47.4 Å². The van der Waals surface area contributed by atoms with E-state index in [1.54, 1.807) is 44.4 Å². The van der Waals surface area contributed by atoms with Crippen molar-refractivity contribution in [2.45, 2.75) is 11.8 Å². The Morgan fingerprint density at radius 3 is 2.50 bits per heavy atom. The minimum atomic E-state index is -3.51. The summed E-state index contributed by atoms with van der Waals surface area (Å²) in [6, 6.07) is 11.5. The van der Waals surface area contributed by atoms with Gasteiger partial charge in [-0.1, -0.05) is 6.07 Å². The molecule has 0 heterocycles. The lowest BCUT2D eigenvalue weighted by atomic mass is 10.2. The van der Waals surface area contributed by atoms with Gasteiger partial charge in [0.25, 0.3) is 5.91 Å². The van der Waals surface area contributed by atoms with Crippen molar-refractivity contribution < 1.29 is 22.7 Å². The number of ether oxygens (including phenoxy) is 2. The van der Waals surface area contributed by atoms with Gasteiger partial charge in [-0.05, 0) is 42.8 Å². The van der Waals surface area contributed by atoms with E-state index in [1.165, 1.54) is 26.2 Å². The molecule has 0 fully saturated rings. The van der Waals surface area contributed by atoms with Crippen LogP contribution < -0.4 is 14.8 Å². The van der Waals surface area contributed by atoms with Gasteiger partial charge in [0.2, 0.25) is 10.0 Å². The Balaban J connectivity index is 2.02. The Bertz CT molecular complexity index is 894. The predicted molar refractivity (Wildman–Crippen MR) is 99.2 cm³/mol. The summed E-state index contributed by atoms with van der Waals surface area (Å²) in [6.45, 7) is 1.53. The fourth-order valence-electron chi connectivity index (χ4n) is 2.20. The molecule has 0 aromatic heterocycles. The highest BCUT2D eigenvalue weighted by molar-refractivity contribution is 7.89. The summed E-state index contributed by atoms with van der Waals surface area (Å²) in [5.74, 6) is 0.753. The van der Waals surface area contributed by atoms with E-state index in [9.17, 15) is 13.2 Å². The minimum Gasteiger partial charge on any atom is -0.497 e. The number of hydrogen-bond acceptors (Lipinski definition) is 5. The second-order valence-corrected chi connectivity index (χ2v) is 7.94. The molecule has 7 nitrogen and oxygen atoms in total. The number of sulfonamides is 1. The molecule has 0 spiro atoms. The maximum absolute atomic E-state index is 12.1. The summed E-state index contributed by atoms with van der Waals surface area (Å²) in [7, 11) is 0.981. The van der Waals surface area contributed by atoms with E-state index in [2.05, 4.69) is 5.32 Å². The molecular weight excluding hydrogens is 356 g/mol. The summed E-state index contributed by atoms with van der Waals surface area (Å²) in [5.41, 5.74) is 1.23. The predicted octanol–water partition coefficient (Wildman–Crippen LogP) is 2.27. The second kappa shape index (κ2) is 8.20. The number of aryl methyl sites for hydroxylation is 1. The third kappa shape index (κ3) is 4.74. The van der Waals surface area contributed by atoms with Crippen molar-refractivity contribution in [1.29, 1.82) is 0 Å². The van der Waals surface area contributed by atoms with Crippen molar-refractivity contribution in [3.63, 3.8) is 0 Å². The second-order valence-electron chi connectivity index (χ2n) is 5.78. The van der Waals surface area contributed by atoms with Gasteiger partial charge in [0.1, 0.15) is 11.5 Å². The van der Waals surface area contributed by atoms with Crippen molar-refractivity contribution in [3.05, 3.63) is 48.0 Å². The maximum Gasteiger partial charge on any atom is 0.262 e. The van der Waals surface area contributed by atoms with Gasteiger partial charge in [-0.25, -0.2) is 12.7 Å². The van der Waals surface area contributed by atoms with Crippen molar-refractivity contribution in [3.8, 4) is 11.5 Å². The van der Waals surface area contributed by atoms with Crippen LogP contribution in [0.5, 0.6) is 11.5 Å². The Labute approximate surface area is 153 Å². The summed E-state index contributed by atoms with van der Waals surface area (Å²) in [5, 5.41) is 2.71. The molecule has 8 heteroatoms. The molecule has 0 atom stereocenters. The fourth-order valence-corrected chi connectivity index (χ4v) is 3.18. The highest BCUT2D eigenvalue weighted by atomic mass is 32.2. The molecular formula is C18H22N2O5S. The third-order valence-electron chi connectivity index (χ3n) is 3.64. The average Bonchev–Trinajstić information content (AvgIpc) is 2.60. The Morgan fingerprint density at radius 2 is 1.88 bits per heavy atom. The number of benzene rings is 2. The topological polar surface area (TPSA) is 84.9 Å². The third-order valence-corrected chi connectivity index (χ3v) is 5.45. The lowest BCUT2D eigenvalue weighted by molar-refractivity contribution is -0.118. The van der Waals surface area contributed by atoms with Crippen LogP contribution in [0.25, 0.3) is 0 Å². The van der Waals surface area contributed by atoms with Crippen LogP contribution in [0.1, 0.15) is 5.56 Å². The number of hydrogen-bond donors (Lipinski definition) is 1. The lowest BCUT2D eigenvalue weighted by Crippen LogP contribution is -2.22. The van der Waals surface area contributed by atoms with Crippen LogP contribution in [0.2, 0.25) is 0 Å². The van der Waals surface area contributed by atoms with Crippen molar-refractivity contribution >= 4 is 21.6 Å². The van der Waals surface area contributed by atoms with Crippen LogP contribution in [-0.4, -0.2) is 46.4 Å². The van der Waals surface area contributed by atoms with Gasteiger partial charge in [0, 0.05) is 25.8 Å². The Morgan fingerprint density at radius 1 is 1.15 bits per heavy atom. The van der Waals surface area contributed by atoms with Crippen molar-refractivity contribution in [1.82, 2.24) is 4.31 Å². The summed E-state index contributed by atoms with van der Waals surface area (Å²) in [4.78, 5) is 12.2. The molecule has 2 aromatic carbocycles. The SMILES string of the molecule is COc1cccc(NC(=O)COc2ccc(S(=O)(=O)N(C)C)cc2C)c1. The molecule has 2 aromatic rings. The minimum absolute atomic E-state index is 0.174. The van der Waals surface area contributed by atoms with Gasteiger partial charge in [-0.2, -0.15) is 0 Å². The van der Waals surface area contributed by atoms with Gasteiger partial charge < -0.3 is 14.8 Å². The number of methoxy groups -OCH3 is 1. The first-order valence-corrected chi connectivity index (χ1v) is 9.28. The molecule has 0 unspecified atom stereocenters. The highest BCUT2D eigenvalue weighted by Crippen LogP contribution is 2.23. The van der Waals surface area contributed by atoms with E-state index in [-0.39, 0.29) is 17.4 Å². The van der Waals surface area contributed by atoms with E-state index >= 15 is 0 Å². The van der Waals surface area contributed by atoms with Crippen molar-refractivity contribution in [2.24, 2.45) is 0 Å². The zero-order valence-corrected chi connectivity index (χ0v) is 16.0. The number of anilines is 1. The molecule has 1 amide bonds. The van der Waals surface area contributed by atoms with Gasteiger partial charge in [0.15, 0.2) is 6.61 Å². The van der Waals surface area contributed by atoms with E-state index in [0.717, 1.165) is 4.31 Å². The molecule has 0 radical (unpaired) electrons. The summed E-state index contributed by atoms with van der Waals surface area (Å²) < 4.78 is 36.0. The number of carbonyl (C=O) groups is 1. The van der Waals surface area contributed by atoms with E-state index in [4.69, 9.17) is 9.47 Å². The summed E-state index contributed by atoms with van der Waals surface area (Å²) >= 11 is 0. The highest BCUT2D eigenvalue weighted by Gasteiger charge is 2.18. The number of nitrogens with one attached hydrogen (secondary N) is 1. The Hall–Kier alpha value is -2.58. The lowest BCUT2D eigenvalue weighted by Gasteiger charge is -2.14. The van der Waals surface area contributed by atoms with Crippen LogP contribution in [0, 0.1) is 6.92 Å². The normalized spacial score (nSPS) is 11.3. The number of amides is 1. The molecule has 0 bridgehead atoms. The first-order valence-electron chi connectivity index (χ1n) is 7.84. The van der Waals surface area contributed by atoms with Gasteiger partial charge in [-0.3, -0.25) is 4.79 Å². The smallest absolute Gasteiger partial charge is 0.262 e. The molecule has 0 saturated carbocycles. The summed E-state index contributed by atoms with van der Waals surface area (Å²) in [6.07, 6.45) is 0. The molecule has 0 aliphatic rings. The molecule has 26 heavy (non-hydrogen) atoms. The van der Waals surface area contributed by atoms with E-state index < -0.39 is 10.0 Å². The number of nitrogens with zero attached hydrogens (tertiary/aromatic N) is 1. The van der Waals surface area contributed by atoms with E-state index in [0.29, 0.717) is 22.7 Å². The largest absolute Gasteiger partial charge is 0.497 e. The fraction of sp³-hybridized carbons (Fsp3) is 0.278. The van der Waals surface area contributed by atoms with Crippen LogP contribution >= 0.6 is 0 Å². The molecule has 1 N–H and O–H groups in total. The standard InChI is InChI=1S/C18H22N2O5S/c1-13-10-16(26(22,23)20(2)3)8-9-17(13)25-12-18(21)19-14-6-5-7-15(11-14)24-4/h5-11H,12H2,1-4H3,(H,19,21). The molecule has 140 valence electrons.